The van der Waals surface area contributed by atoms with Crippen LogP contribution < -0.4 is 0 Å². The van der Waals surface area contributed by atoms with Gasteiger partial charge in [0.2, 0.25) is 0 Å². The lowest BCUT2D eigenvalue weighted by atomic mass is 10.1. The van der Waals surface area contributed by atoms with Crippen molar-refractivity contribution < 1.29 is 5.11 Å². The highest BCUT2D eigenvalue weighted by Crippen LogP contribution is 2.08. The number of hydrogen-bond acceptors (Lipinski definition) is 3. The first kappa shape index (κ1) is 11.7. The molecule has 0 bridgehead atoms. The van der Waals surface area contributed by atoms with E-state index < -0.39 is 5.44 Å². The zero-order chi connectivity index (χ0) is 8.53. The number of thiol groups is 2. The van der Waals surface area contributed by atoms with Gasteiger partial charge in [-0.05, 0) is 18.6 Å². The number of unbranched alkanes of at least 4 members (excludes halogenated alkanes) is 4. The van der Waals surface area contributed by atoms with Gasteiger partial charge in [-0.25, -0.2) is 0 Å². The van der Waals surface area contributed by atoms with Crippen LogP contribution >= 0.6 is 25.3 Å². The number of aliphatic hydroxyl groups excluding tert-OH is 1. The van der Waals surface area contributed by atoms with Gasteiger partial charge in [-0.1, -0.05) is 25.7 Å². The average Bonchev–Trinajstić information content (AvgIpc) is 1.96. The highest BCUT2D eigenvalue weighted by atomic mass is 32.1. The quantitative estimate of drug-likeness (QED) is 0.323. The SMILES string of the molecule is OC(S)CCCCCCCS. The molecule has 0 radical (unpaired) electrons. The Balaban J connectivity index is 2.80. The third-order valence-electron chi connectivity index (χ3n) is 1.62. The standard InChI is InChI=1S/C8H18OS2/c9-8(11)6-4-2-1-3-5-7-10/h8-11H,1-7H2. The van der Waals surface area contributed by atoms with Crippen LogP contribution in [0.4, 0.5) is 0 Å². The molecule has 0 aliphatic rings. The van der Waals surface area contributed by atoms with Crippen molar-refractivity contribution >= 4 is 25.3 Å². The summed E-state index contributed by atoms with van der Waals surface area (Å²) in [4.78, 5) is 0. The molecule has 1 nitrogen and oxygen atoms in total. The Labute approximate surface area is 80.4 Å². The topological polar surface area (TPSA) is 20.2 Å². The fraction of sp³-hybridized carbons (Fsp3) is 1.00. The van der Waals surface area contributed by atoms with Crippen molar-refractivity contribution in [3.05, 3.63) is 0 Å². The molecule has 1 N–H and O–H groups in total. The van der Waals surface area contributed by atoms with Gasteiger partial charge in [0.25, 0.3) is 0 Å². The molecule has 11 heavy (non-hydrogen) atoms. The van der Waals surface area contributed by atoms with Crippen molar-refractivity contribution in [1.29, 1.82) is 0 Å². The van der Waals surface area contributed by atoms with E-state index in [2.05, 4.69) is 25.3 Å². The van der Waals surface area contributed by atoms with Crippen LogP contribution in [0, 0.1) is 0 Å². The van der Waals surface area contributed by atoms with Crippen LogP contribution in [0.5, 0.6) is 0 Å². The van der Waals surface area contributed by atoms with E-state index in [1.54, 1.807) is 0 Å². The average molecular weight is 194 g/mol. The highest BCUT2D eigenvalue weighted by molar-refractivity contribution is 7.80. The van der Waals surface area contributed by atoms with Crippen LogP contribution in [-0.4, -0.2) is 16.3 Å². The maximum atomic E-state index is 8.81. The van der Waals surface area contributed by atoms with Crippen LogP contribution in [0.2, 0.25) is 0 Å². The van der Waals surface area contributed by atoms with Crippen LogP contribution in [0.3, 0.4) is 0 Å². The predicted molar refractivity (Wildman–Crippen MR) is 56.5 cm³/mol. The minimum absolute atomic E-state index is 0.417. The fourth-order valence-electron chi connectivity index (χ4n) is 0.969. The summed E-state index contributed by atoms with van der Waals surface area (Å²) in [7, 11) is 0. The molecule has 0 aliphatic carbocycles. The van der Waals surface area contributed by atoms with Crippen LogP contribution in [0.25, 0.3) is 0 Å². The zero-order valence-corrected chi connectivity index (χ0v) is 8.66. The first-order valence-corrected chi connectivity index (χ1v) is 5.39. The summed E-state index contributed by atoms with van der Waals surface area (Å²) in [6.45, 7) is 0. The molecule has 1 atom stereocenters. The second kappa shape index (κ2) is 8.75. The lowest BCUT2D eigenvalue weighted by molar-refractivity contribution is 0.249. The molecule has 0 aliphatic heterocycles. The molecule has 0 fully saturated rings. The Morgan fingerprint density at radius 2 is 1.55 bits per heavy atom. The lowest BCUT2D eigenvalue weighted by Crippen LogP contribution is -1.94. The van der Waals surface area contributed by atoms with Crippen molar-refractivity contribution in [2.75, 3.05) is 5.75 Å². The van der Waals surface area contributed by atoms with E-state index in [9.17, 15) is 0 Å². The van der Waals surface area contributed by atoms with E-state index in [1.165, 1.54) is 25.7 Å². The van der Waals surface area contributed by atoms with Gasteiger partial charge in [-0.2, -0.15) is 12.6 Å². The third kappa shape index (κ3) is 10.7. The number of rotatable bonds is 7. The van der Waals surface area contributed by atoms with Crippen LogP contribution in [0.15, 0.2) is 0 Å². The Kier molecular flexibility index (Phi) is 9.28. The second-order valence-corrected chi connectivity index (χ2v) is 3.80. The molecule has 0 heterocycles. The first-order chi connectivity index (χ1) is 5.27. The van der Waals surface area contributed by atoms with Gasteiger partial charge in [0.05, 0.1) is 5.44 Å². The summed E-state index contributed by atoms with van der Waals surface area (Å²) in [5, 5.41) is 8.81. The Bertz CT molecular complexity index is 76.5. The van der Waals surface area contributed by atoms with Crippen molar-refractivity contribution in [3.8, 4) is 0 Å². The van der Waals surface area contributed by atoms with Gasteiger partial charge in [-0.3, -0.25) is 0 Å². The molecule has 1 unspecified atom stereocenters. The molecule has 0 saturated carbocycles. The van der Waals surface area contributed by atoms with Gasteiger partial charge in [0.1, 0.15) is 0 Å². The minimum Gasteiger partial charge on any atom is -0.383 e. The Morgan fingerprint density at radius 1 is 1.00 bits per heavy atom. The molecule has 0 saturated heterocycles. The molecular weight excluding hydrogens is 176 g/mol. The third-order valence-corrected chi connectivity index (χ3v) is 2.19. The summed E-state index contributed by atoms with van der Waals surface area (Å²) < 4.78 is 0. The van der Waals surface area contributed by atoms with Crippen LogP contribution in [0.1, 0.15) is 38.5 Å². The zero-order valence-electron chi connectivity index (χ0n) is 6.87. The van der Waals surface area contributed by atoms with E-state index in [0.717, 1.165) is 18.6 Å². The second-order valence-electron chi connectivity index (χ2n) is 2.76. The molecule has 0 rings (SSSR count). The van der Waals surface area contributed by atoms with E-state index >= 15 is 0 Å². The summed E-state index contributed by atoms with van der Waals surface area (Å²) >= 11 is 8.01. The van der Waals surface area contributed by atoms with Crippen molar-refractivity contribution in [1.82, 2.24) is 0 Å². The van der Waals surface area contributed by atoms with E-state index in [-0.39, 0.29) is 0 Å². The summed E-state index contributed by atoms with van der Waals surface area (Å²) in [5.74, 6) is 0.995. The monoisotopic (exact) mass is 194 g/mol. The van der Waals surface area contributed by atoms with Crippen LogP contribution in [-0.2, 0) is 0 Å². The van der Waals surface area contributed by atoms with E-state index in [4.69, 9.17) is 5.11 Å². The summed E-state index contributed by atoms with van der Waals surface area (Å²) in [5.41, 5.74) is -0.417. The number of hydrogen-bond donors (Lipinski definition) is 3. The van der Waals surface area contributed by atoms with E-state index in [0.29, 0.717) is 0 Å². The van der Waals surface area contributed by atoms with Gasteiger partial charge < -0.3 is 5.11 Å². The maximum Gasteiger partial charge on any atom is 0.0964 e. The smallest absolute Gasteiger partial charge is 0.0964 e. The van der Waals surface area contributed by atoms with Crippen molar-refractivity contribution in [2.24, 2.45) is 0 Å². The molecule has 0 amide bonds. The maximum absolute atomic E-state index is 8.81. The summed E-state index contributed by atoms with van der Waals surface area (Å²) in [6, 6.07) is 0. The van der Waals surface area contributed by atoms with Crippen molar-refractivity contribution in [2.45, 2.75) is 44.0 Å². The highest BCUT2D eigenvalue weighted by Gasteiger charge is 1.95. The van der Waals surface area contributed by atoms with Crippen molar-refractivity contribution in [3.63, 3.8) is 0 Å². The van der Waals surface area contributed by atoms with E-state index in [1.807, 2.05) is 0 Å². The minimum atomic E-state index is -0.417. The molecule has 0 aromatic rings. The fourth-order valence-corrected chi connectivity index (χ4v) is 1.38. The molecule has 0 aromatic heterocycles. The molecule has 3 heteroatoms. The lowest BCUT2D eigenvalue weighted by Gasteiger charge is -2.02. The van der Waals surface area contributed by atoms with Gasteiger partial charge in [-0.15, -0.1) is 12.6 Å². The molecule has 68 valence electrons. The first-order valence-electron chi connectivity index (χ1n) is 4.24. The Morgan fingerprint density at radius 3 is 2.09 bits per heavy atom. The predicted octanol–water partition coefficient (Wildman–Crippen LogP) is 2.51. The molecule has 0 spiro atoms. The molecular formula is C8H18OS2. The summed E-state index contributed by atoms with van der Waals surface area (Å²) in [6.07, 6.45) is 6.88. The largest absolute Gasteiger partial charge is 0.383 e. The van der Waals surface area contributed by atoms with Gasteiger partial charge in [0.15, 0.2) is 0 Å². The Hall–Kier alpha value is 0.660. The van der Waals surface area contributed by atoms with Gasteiger partial charge >= 0.3 is 0 Å². The number of aliphatic hydroxyl groups is 1. The normalized spacial score (nSPS) is 13.4. The van der Waals surface area contributed by atoms with Gasteiger partial charge in [0, 0.05) is 0 Å². The molecule has 0 aromatic carbocycles.